The molecule has 0 radical (unpaired) electrons. The number of carbonyl (C=O) groups is 1. The van der Waals surface area contributed by atoms with Gasteiger partial charge in [-0.3, -0.25) is 4.79 Å². The second kappa shape index (κ2) is 6.95. The lowest BCUT2D eigenvalue weighted by molar-refractivity contribution is -0.117. The van der Waals surface area contributed by atoms with Gasteiger partial charge in [0.05, 0.1) is 16.4 Å². The van der Waals surface area contributed by atoms with Crippen molar-refractivity contribution in [3.05, 3.63) is 23.2 Å². The van der Waals surface area contributed by atoms with Crippen LogP contribution in [0, 0.1) is 5.92 Å². The van der Waals surface area contributed by atoms with Crippen molar-refractivity contribution in [2.75, 3.05) is 37.4 Å². The zero-order valence-electron chi connectivity index (χ0n) is 12.1. The number of hydrogen-bond acceptors (Lipinski definition) is 3. The summed E-state index contributed by atoms with van der Waals surface area (Å²) in [4.78, 5) is 14.1. The average Bonchev–Trinajstić information content (AvgIpc) is 2.39. The summed E-state index contributed by atoms with van der Waals surface area (Å²) in [5, 5.41) is 6.97. The summed E-state index contributed by atoms with van der Waals surface area (Å²) in [6, 6.07) is 5.57. The molecular weight excluding hydrogens is 274 g/mol. The number of nitrogens with zero attached hydrogens (tertiary/aromatic N) is 1. The molecule has 1 unspecified atom stereocenters. The van der Waals surface area contributed by atoms with Gasteiger partial charge in [-0.2, -0.15) is 0 Å². The fourth-order valence-corrected chi connectivity index (χ4v) is 2.98. The molecule has 20 heavy (non-hydrogen) atoms. The molecule has 0 spiro atoms. The minimum atomic E-state index is 0.0593. The number of para-hydroxylation sites is 1. The van der Waals surface area contributed by atoms with Crippen LogP contribution in [0.25, 0.3) is 0 Å². The summed E-state index contributed by atoms with van der Waals surface area (Å²) in [6.45, 7) is 2.00. The van der Waals surface area contributed by atoms with Crippen LogP contribution in [-0.2, 0) is 4.79 Å². The normalized spacial score (nSPS) is 18.6. The van der Waals surface area contributed by atoms with Gasteiger partial charge in [-0.1, -0.05) is 17.7 Å². The van der Waals surface area contributed by atoms with E-state index in [-0.39, 0.29) is 5.91 Å². The van der Waals surface area contributed by atoms with Crippen molar-refractivity contribution >= 4 is 28.9 Å². The van der Waals surface area contributed by atoms with Crippen LogP contribution in [0.15, 0.2) is 18.2 Å². The highest BCUT2D eigenvalue weighted by Crippen LogP contribution is 2.32. The molecule has 0 aromatic heterocycles. The van der Waals surface area contributed by atoms with E-state index >= 15 is 0 Å². The fourth-order valence-electron chi connectivity index (χ4n) is 2.63. The Bertz CT molecular complexity index is 470. The molecule has 4 nitrogen and oxygen atoms in total. The summed E-state index contributed by atoms with van der Waals surface area (Å²) in [7, 11) is 3.84. The first kappa shape index (κ1) is 15.1. The van der Waals surface area contributed by atoms with E-state index in [0.717, 1.165) is 37.3 Å². The van der Waals surface area contributed by atoms with Crippen LogP contribution < -0.4 is 15.5 Å². The van der Waals surface area contributed by atoms with Crippen LogP contribution in [0.4, 0.5) is 11.4 Å². The predicted octanol–water partition coefficient (Wildman–Crippen LogP) is 2.73. The quantitative estimate of drug-likeness (QED) is 0.898. The van der Waals surface area contributed by atoms with Gasteiger partial charge in [-0.25, -0.2) is 0 Å². The van der Waals surface area contributed by atoms with Crippen LogP contribution in [0.5, 0.6) is 0 Å². The maximum Gasteiger partial charge on any atom is 0.224 e. The van der Waals surface area contributed by atoms with E-state index in [0.29, 0.717) is 17.4 Å². The van der Waals surface area contributed by atoms with Gasteiger partial charge in [0.2, 0.25) is 5.91 Å². The second-order valence-electron chi connectivity index (χ2n) is 5.50. The number of piperidine rings is 1. The third-order valence-electron chi connectivity index (χ3n) is 3.58. The summed E-state index contributed by atoms with van der Waals surface area (Å²) in [5.74, 6) is 0.495. The van der Waals surface area contributed by atoms with E-state index in [1.54, 1.807) is 0 Å². The minimum Gasteiger partial charge on any atom is -0.375 e. The lowest BCUT2D eigenvalue weighted by Gasteiger charge is -2.23. The highest BCUT2D eigenvalue weighted by Gasteiger charge is 2.18. The standard InChI is InChI=1S/C15H22ClN3O/c1-19(2)15-12(16)6-3-7-13(15)18-14(20)9-11-5-4-8-17-10-11/h3,6-7,11,17H,4-5,8-10H2,1-2H3,(H,18,20). The highest BCUT2D eigenvalue weighted by atomic mass is 35.5. The summed E-state index contributed by atoms with van der Waals surface area (Å²) < 4.78 is 0. The monoisotopic (exact) mass is 295 g/mol. The molecule has 2 N–H and O–H groups in total. The largest absolute Gasteiger partial charge is 0.375 e. The van der Waals surface area contributed by atoms with E-state index in [2.05, 4.69) is 10.6 Å². The Morgan fingerprint density at radius 1 is 1.50 bits per heavy atom. The molecule has 1 aliphatic heterocycles. The Hall–Kier alpha value is -1.26. The number of halogens is 1. The van der Waals surface area contributed by atoms with Gasteiger partial charge < -0.3 is 15.5 Å². The molecule has 1 amide bonds. The van der Waals surface area contributed by atoms with Crippen molar-refractivity contribution in [3.8, 4) is 0 Å². The molecule has 110 valence electrons. The Morgan fingerprint density at radius 2 is 2.30 bits per heavy atom. The van der Waals surface area contributed by atoms with Crippen LogP contribution >= 0.6 is 11.6 Å². The summed E-state index contributed by atoms with van der Waals surface area (Å²) >= 11 is 6.20. The summed E-state index contributed by atoms with van der Waals surface area (Å²) in [6.07, 6.45) is 2.83. The predicted molar refractivity (Wildman–Crippen MR) is 84.6 cm³/mol. The van der Waals surface area contributed by atoms with Gasteiger partial charge in [-0.05, 0) is 44.0 Å². The Labute approximate surface area is 125 Å². The second-order valence-corrected chi connectivity index (χ2v) is 5.90. The van der Waals surface area contributed by atoms with Gasteiger partial charge in [0.25, 0.3) is 0 Å². The molecule has 1 aromatic rings. The molecule has 1 aliphatic rings. The molecule has 5 heteroatoms. The van der Waals surface area contributed by atoms with Crippen molar-refractivity contribution in [1.82, 2.24) is 5.32 Å². The Morgan fingerprint density at radius 3 is 2.95 bits per heavy atom. The highest BCUT2D eigenvalue weighted by molar-refractivity contribution is 6.34. The number of amides is 1. The molecular formula is C15H22ClN3O. The lowest BCUT2D eigenvalue weighted by Crippen LogP contribution is -2.32. The van der Waals surface area contributed by atoms with Gasteiger partial charge in [0, 0.05) is 20.5 Å². The molecule has 1 aromatic carbocycles. The molecule has 0 saturated carbocycles. The minimum absolute atomic E-state index is 0.0593. The first-order chi connectivity index (χ1) is 9.58. The first-order valence-corrected chi connectivity index (χ1v) is 7.42. The SMILES string of the molecule is CN(C)c1c(Cl)cccc1NC(=O)CC1CCCNC1. The van der Waals surface area contributed by atoms with Crippen LogP contribution in [-0.4, -0.2) is 33.1 Å². The van der Waals surface area contributed by atoms with Crippen molar-refractivity contribution in [2.45, 2.75) is 19.3 Å². The molecule has 0 aliphatic carbocycles. The number of rotatable bonds is 4. The van der Waals surface area contributed by atoms with Gasteiger partial charge >= 0.3 is 0 Å². The van der Waals surface area contributed by atoms with Crippen LogP contribution in [0.2, 0.25) is 5.02 Å². The van der Waals surface area contributed by atoms with Crippen molar-refractivity contribution in [3.63, 3.8) is 0 Å². The zero-order valence-corrected chi connectivity index (χ0v) is 12.8. The van der Waals surface area contributed by atoms with Crippen molar-refractivity contribution < 1.29 is 4.79 Å². The lowest BCUT2D eigenvalue weighted by atomic mass is 9.96. The number of carbonyl (C=O) groups excluding carboxylic acids is 1. The van der Waals surface area contributed by atoms with Crippen molar-refractivity contribution in [2.24, 2.45) is 5.92 Å². The number of nitrogens with one attached hydrogen (secondary N) is 2. The van der Waals surface area contributed by atoms with Gasteiger partial charge in [-0.15, -0.1) is 0 Å². The molecule has 1 heterocycles. The van der Waals surface area contributed by atoms with E-state index in [4.69, 9.17) is 11.6 Å². The van der Waals surface area contributed by atoms with E-state index in [1.807, 2.05) is 37.2 Å². The first-order valence-electron chi connectivity index (χ1n) is 7.04. The average molecular weight is 296 g/mol. The Kier molecular flexibility index (Phi) is 5.26. The third kappa shape index (κ3) is 3.87. The molecule has 1 fully saturated rings. The van der Waals surface area contributed by atoms with Crippen molar-refractivity contribution in [1.29, 1.82) is 0 Å². The van der Waals surface area contributed by atoms with E-state index in [9.17, 15) is 4.79 Å². The summed E-state index contributed by atoms with van der Waals surface area (Å²) in [5.41, 5.74) is 1.63. The molecule has 0 bridgehead atoms. The smallest absolute Gasteiger partial charge is 0.224 e. The number of anilines is 2. The number of benzene rings is 1. The maximum atomic E-state index is 12.2. The van der Waals surface area contributed by atoms with Crippen LogP contribution in [0.3, 0.4) is 0 Å². The molecule has 1 atom stereocenters. The third-order valence-corrected chi connectivity index (χ3v) is 3.89. The molecule has 1 saturated heterocycles. The van der Waals surface area contributed by atoms with Gasteiger partial charge in [0.15, 0.2) is 0 Å². The molecule has 2 rings (SSSR count). The number of hydrogen-bond donors (Lipinski definition) is 2. The zero-order chi connectivity index (χ0) is 14.5. The fraction of sp³-hybridized carbons (Fsp3) is 0.533. The Balaban J connectivity index is 2.02. The van der Waals surface area contributed by atoms with Crippen LogP contribution in [0.1, 0.15) is 19.3 Å². The van der Waals surface area contributed by atoms with E-state index in [1.165, 1.54) is 0 Å². The maximum absolute atomic E-state index is 12.2. The topological polar surface area (TPSA) is 44.4 Å². The van der Waals surface area contributed by atoms with E-state index < -0.39 is 0 Å². The van der Waals surface area contributed by atoms with Gasteiger partial charge in [0.1, 0.15) is 0 Å².